The summed E-state index contributed by atoms with van der Waals surface area (Å²) in [6.07, 6.45) is 2.05. The van der Waals surface area contributed by atoms with Gasteiger partial charge in [0.2, 0.25) is 0 Å². The lowest BCUT2D eigenvalue weighted by Crippen LogP contribution is -2.08. The van der Waals surface area contributed by atoms with Gasteiger partial charge in [-0.1, -0.05) is 13.8 Å². The molecule has 0 amide bonds. The van der Waals surface area contributed by atoms with Crippen molar-refractivity contribution >= 4 is 0 Å². The molecule has 0 N–H and O–H groups in total. The van der Waals surface area contributed by atoms with E-state index < -0.39 is 0 Å². The zero-order valence-corrected chi connectivity index (χ0v) is 9.06. The maximum Gasteiger partial charge on any atom is 0.129 e. The Morgan fingerprint density at radius 1 is 1.29 bits per heavy atom. The molecule has 0 aromatic heterocycles. The summed E-state index contributed by atoms with van der Waals surface area (Å²) in [5.74, 6) is 0.556. The number of hydrogen-bond donors (Lipinski definition) is 0. The van der Waals surface area contributed by atoms with E-state index in [1.165, 1.54) is 6.07 Å². The number of hydrogen-bond acceptors (Lipinski definition) is 1. The SMILES string of the molecule is CC.Cc1cc2c(cc1F)OCCC2. The van der Waals surface area contributed by atoms with Crippen LogP contribution in [0.4, 0.5) is 4.39 Å². The van der Waals surface area contributed by atoms with Crippen LogP contribution in [0.3, 0.4) is 0 Å². The van der Waals surface area contributed by atoms with Crippen molar-refractivity contribution in [2.75, 3.05) is 6.61 Å². The number of aryl methyl sites for hydroxylation is 2. The number of fused-ring (bicyclic) bond motifs is 1. The summed E-state index contributed by atoms with van der Waals surface area (Å²) < 4.78 is 18.3. The Balaban J connectivity index is 0.000000461. The van der Waals surface area contributed by atoms with Gasteiger partial charge in [0.25, 0.3) is 0 Å². The second-order valence-corrected chi connectivity index (χ2v) is 3.16. The second-order valence-electron chi connectivity index (χ2n) is 3.16. The monoisotopic (exact) mass is 196 g/mol. The van der Waals surface area contributed by atoms with Crippen LogP contribution in [-0.2, 0) is 6.42 Å². The first kappa shape index (κ1) is 11.0. The first-order valence-electron chi connectivity index (χ1n) is 5.19. The Morgan fingerprint density at radius 3 is 2.71 bits per heavy atom. The summed E-state index contributed by atoms with van der Waals surface area (Å²) in [6, 6.07) is 3.37. The van der Waals surface area contributed by atoms with E-state index in [0.717, 1.165) is 30.8 Å². The van der Waals surface area contributed by atoms with Crippen molar-refractivity contribution in [1.82, 2.24) is 0 Å². The maximum atomic E-state index is 13.0. The van der Waals surface area contributed by atoms with Crippen molar-refractivity contribution in [3.63, 3.8) is 0 Å². The quantitative estimate of drug-likeness (QED) is 0.617. The predicted molar refractivity (Wildman–Crippen MR) is 56.3 cm³/mol. The normalized spacial score (nSPS) is 13.4. The van der Waals surface area contributed by atoms with Crippen LogP contribution in [-0.4, -0.2) is 6.61 Å². The number of ether oxygens (including phenoxy) is 1. The summed E-state index contributed by atoms with van der Waals surface area (Å²) >= 11 is 0. The summed E-state index contributed by atoms with van der Waals surface area (Å²) in [6.45, 7) is 6.50. The number of benzene rings is 1. The fourth-order valence-corrected chi connectivity index (χ4v) is 1.50. The summed E-state index contributed by atoms with van der Waals surface area (Å²) in [5.41, 5.74) is 1.85. The van der Waals surface area contributed by atoms with Crippen LogP contribution < -0.4 is 4.74 Å². The van der Waals surface area contributed by atoms with Crippen molar-refractivity contribution in [1.29, 1.82) is 0 Å². The largest absolute Gasteiger partial charge is 0.493 e. The van der Waals surface area contributed by atoms with E-state index in [1.807, 2.05) is 19.9 Å². The van der Waals surface area contributed by atoms with Gasteiger partial charge in [0, 0.05) is 6.07 Å². The third-order valence-corrected chi connectivity index (χ3v) is 2.19. The van der Waals surface area contributed by atoms with Gasteiger partial charge in [-0.3, -0.25) is 0 Å². The molecule has 1 aliphatic rings. The molecule has 78 valence electrons. The van der Waals surface area contributed by atoms with Gasteiger partial charge in [0.1, 0.15) is 11.6 Å². The van der Waals surface area contributed by atoms with E-state index >= 15 is 0 Å². The van der Waals surface area contributed by atoms with Gasteiger partial charge >= 0.3 is 0 Å². The van der Waals surface area contributed by atoms with E-state index in [2.05, 4.69) is 0 Å². The topological polar surface area (TPSA) is 9.23 Å². The molecular weight excluding hydrogens is 179 g/mol. The zero-order chi connectivity index (χ0) is 10.6. The third-order valence-electron chi connectivity index (χ3n) is 2.19. The van der Waals surface area contributed by atoms with Gasteiger partial charge in [0.05, 0.1) is 6.61 Å². The smallest absolute Gasteiger partial charge is 0.129 e. The molecule has 0 saturated carbocycles. The Bertz CT molecular complexity index is 276. The molecule has 0 unspecified atom stereocenters. The van der Waals surface area contributed by atoms with Crippen LogP contribution in [0, 0.1) is 12.7 Å². The summed E-state index contributed by atoms with van der Waals surface area (Å²) in [5, 5.41) is 0. The van der Waals surface area contributed by atoms with Crippen molar-refractivity contribution in [2.24, 2.45) is 0 Å². The standard InChI is InChI=1S/C10H11FO.C2H6/c1-7-5-8-3-2-4-12-10(8)6-9(7)11;1-2/h5-6H,2-4H2,1H3;1-2H3. The minimum absolute atomic E-state index is 0.171. The van der Waals surface area contributed by atoms with Crippen LogP contribution in [0.15, 0.2) is 12.1 Å². The van der Waals surface area contributed by atoms with Gasteiger partial charge < -0.3 is 4.74 Å². The van der Waals surface area contributed by atoms with Gasteiger partial charge in [-0.15, -0.1) is 0 Å². The van der Waals surface area contributed by atoms with Crippen LogP contribution in [0.25, 0.3) is 0 Å². The molecule has 0 fully saturated rings. The molecule has 0 atom stereocenters. The van der Waals surface area contributed by atoms with Gasteiger partial charge in [-0.2, -0.15) is 0 Å². The first-order valence-corrected chi connectivity index (χ1v) is 5.19. The molecule has 1 heterocycles. The molecule has 0 aliphatic carbocycles. The lowest BCUT2D eigenvalue weighted by Gasteiger charge is -2.17. The molecule has 1 aliphatic heterocycles. The van der Waals surface area contributed by atoms with Gasteiger partial charge in [-0.25, -0.2) is 4.39 Å². The van der Waals surface area contributed by atoms with Gasteiger partial charge in [-0.05, 0) is 37.0 Å². The third kappa shape index (κ3) is 2.25. The average Bonchev–Trinajstić information content (AvgIpc) is 2.23. The molecule has 0 radical (unpaired) electrons. The Labute approximate surface area is 84.9 Å². The van der Waals surface area contributed by atoms with E-state index in [9.17, 15) is 4.39 Å². The predicted octanol–water partition coefficient (Wildman–Crippen LogP) is 3.49. The van der Waals surface area contributed by atoms with E-state index in [4.69, 9.17) is 4.74 Å². The molecular formula is C12H17FO. The van der Waals surface area contributed by atoms with E-state index in [-0.39, 0.29) is 5.82 Å². The Hall–Kier alpha value is -1.05. The first-order chi connectivity index (χ1) is 6.77. The molecule has 0 spiro atoms. The number of rotatable bonds is 0. The maximum absolute atomic E-state index is 13.0. The molecule has 14 heavy (non-hydrogen) atoms. The van der Waals surface area contributed by atoms with Crippen LogP contribution >= 0.6 is 0 Å². The fraction of sp³-hybridized carbons (Fsp3) is 0.500. The summed E-state index contributed by atoms with van der Waals surface area (Å²) in [7, 11) is 0. The Kier molecular flexibility index (Phi) is 3.93. The highest BCUT2D eigenvalue weighted by Crippen LogP contribution is 2.27. The van der Waals surface area contributed by atoms with Crippen molar-refractivity contribution < 1.29 is 9.13 Å². The molecule has 1 aromatic carbocycles. The molecule has 2 heteroatoms. The highest BCUT2D eigenvalue weighted by Gasteiger charge is 2.12. The van der Waals surface area contributed by atoms with Crippen molar-refractivity contribution in [3.8, 4) is 5.75 Å². The second kappa shape index (κ2) is 4.99. The Morgan fingerprint density at radius 2 is 2.00 bits per heavy atom. The fourth-order valence-electron chi connectivity index (χ4n) is 1.50. The molecule has 2 rings (SSSR count). The van der Waals surface area contributed by atoms with Crippen molar-refractivity contribution in [3.05, 3.63) is 29.1 Å². The summed E-state index contributed by atoms with van der Waals surface area (Å²) in [4.78, 5) is 0. The molecule has 0 bridgehead atoms. The van der Waals surface area contributed by atoms with Gasteiger partial charge in [0.15, 0.2) is 0 Å². The molecule has 0 saturated heterocycles. The average molecular weight is 196 g/mol. The van der Waals surface area contributed by atoms with Crippen LogP contribution in [0.1, 0.15) is 31.4 Å². The van der Waals surface area contributed by atoms with E-state index in [0.29, 0.717) is 5.56 Å². The van der Waals surface area contributed by atoms with Crippen molar-refractivity contribution in [2.45, 2.75) is 33.6 Å². The van der Waals surface area contributed by atoms with Crippen LogP contribution in [0.5, 0.6) is 5.75 Å². The zero-order valence-electron chi connectivity index (χ0n) is 9.06. The highest BCUT2D eigenvalue weighted by atomic mass is 19.1. The lowest BCUT2D eigenvalue weighted by molar-refractivity contribution is 0.286. The minimum atomic E-state index is -0.171. The highest BCUT2D eigenvalue weighted by molar-refractivity contribution is 5.38. The lowest BCUT2D eigenvalue weighted by atomic mass is 10.0. The molecule has 1 nitrogen and oxygen atoms in total. The number of halogens is 1. The van der Waals surface area contributed by atoms with Crippen LogP contribution in [0.2, 0.25) is 0 Å². The van der Waals surface area contributed by atoms with E-state index in [1.54, 1.807) is 6.92 Å². The molecule has 1 aromatic rings. The minimum Gasteiger partial charge on any atom is -0.493 e.